The number of nitrogens with zero attached hydrogens (tertiary/aromatic N) is 2. The van der Waals surface area contributed by atoms with Crippen molar-refractivity contribution < 1.29 is 14.3 Å². The topological polar surface area (TPSA) is 65.4 Å². The molecule has 28 heavy (non-hydrogen) atoms. The summed E-state index contributed by atoms with van der Waals surface area (Å²) in [5.41, 5.74) is 1.11. The predicted octanol–water partition coefficient (Wildman–Crippen LogP) is 4.28. The van der Waals surface area contributed by atoms with E-state index in [4.69, 9.17) is 9.47 Å². The highest BCUT2D eigenvalue weighted by Gasteiger charge is 2.08. The van der Waals surface area contributed by atoms with Crippen LogP contribution in [0.2, 0.25) is 0 Å². The summed E-state index contributed by atoms with van der Waals surface area (Å²) in [4.78, 5) is 12.1. The summed E-state index contributed by atoms with van der Waals surface area (Å²) in [5.74, 6) is 1.83. The van der Waals surface area contributed by atoms with E-state index in [0.29, 0.717) is 18.2 Å². The number of rotatable bonds is 10. The lowest BCUT2D eigenvalue weighted by Crippen LogP contribution is -2.22. The van der Waals surface area contributed by atoms with Gasteiger partial charge in [-0.25, -0.2) is 4.68 Å². The summed E-state index contributed by atoms with van der Waals surface area (Å²) in [6, 6.07) is 19.0. The van der Waals surface area contributed by atoms with Gasteiger partial charge < -0.3 is 14.8 Å². The summed E-state index contributed by atoms with van der Waals surface area (Å²) in [6.07, 6.45) is 3.77. The fourth-order valence-electron chi connectivity index (χ4n) is 2.63. The van der Waals surface area contributed by atoms with E-state index < -0.39 is 0 Å². The van der Waals surface area contributed by atoms with Gasteiger partial charge in [-0.15, -0.1) is 0 Å². The molecule has 0 spiro atoms. The molecule has 2 aromatic carbocycles. The first kappa shape index (κ1) is 19.5. The molecule has 0 bridgehead atoms. The number of benzene rings is 2. The molecule has 1 heterocycles. The van der Waals surface area contributed by atoms with E-state index in [1.165, 1.54) is 0 Å². The Bertz CT molecular complexity index is 860. The standard InChI is InChI=1S/C22H25N3O3/c1-2-3-15-25-21(13-14-23-25)24-22(26)17-28-20-11-9-19(10-12-20)27-16-18-7-5-4-6-8-18/h4-14H,2-3,15-17H2,1H3,(H,24,26). The zero-order valence-corrected chi connectivity index (χ0v) is 16.0. The third-order valence-corrected chi connectivity index (χ3v) is 4.15. The van der Waals surface area contributed by atoms with Crippen molar-refractivity contribution in [2.75, 3.05) is 11.9 Å². The highest BCUT2D eigenvalue weighted by atomic mass is 16.5. The number of unbranched alkanes of at least 4 members (excludes halogenated alkanes) is 1. The lowest BCUT2D eigenvalue weighted by molar-refractivity contribution is -0.118. The normalized spacial score (nSPS) is 10.5. The molecule has 0 saturated heterocycles. The molecule has 1 aromatic heterocycles. The molecular weight excluding hydrogens is 354 g/mol. The van der Waals surface area contributed by atoms with Crippen LogP contribution in [-0.4, -0.2) is 22.3 Å². The number of carbonyl (C=O) groups excluding carboxylic acids is 1. The van der Waals surface area contributed by atoms with Gasteiger partial charge in [0.05, 0.1) is 6.20 Å². The number of ether oxygens (including phenoxy) is 2. The van der Waals surface area contributed by atoms with E-state index in [2.05, 4.69) is 17.3 Å². The highest BCUT2D eigenvalue weighted by Crippen LogP contribution is 2.19. The Labute approximate surface area is 165 Å². The summed E-state index contributed by atoms with van der Waals surface area (Å²) < 4.78 is 13.1. The number of aryl methyl sites for hydroxylation is 1. The molecule has 3 aromatic rings. The number of aromatic nitrogens is 2. The Kier molecular flexibility index (Phi) is 7.07. The third-order valence-electron chi connectivity index (χ3n) is 4.15. The molecule has 3 rings (SSSR count). The van der Waals surface area contributed by atoms with Crippen LogP contribution in [0.25, 0.3) is 0 Å². The average molecular weight is 379 g/mol. The van der Waals surface area contributed by atoms with Gasteiger partial charge >= 0.3 is 0 Å². The van der Waals surface area contributed by atoms with E-state index in [0.717, 1.165) is 30.7 Å². The van der Waals surface area contributed by atoms with Gasteiger partial charge in [0.25, 0.3) is 5.91 Å². The minimum atomic E-state index is -0.220. The third kappa shape index (κ3) is 5.87. The van der Waals surface area contributed by atoms with Crippen LogP contribution in [0.4, 0.5) is 5.82 Å². The predicted molar refractivity (Wildman–Crippen MR) is 108 cm³/mol. The van der Waals surface area contributed by atoms with Gasteiger partial charge in [-0.3, -0.25) is 4.79 Å². The Hall–Kier alpha value is -3.28. The van der Waals surface area contributed by atoms with Gasteiger partial charge in [0.15, 0.2) is 6.61 Å². The Morgan fingerprint density at radius 3 is 2.43 bits per heavy atom. The Morgan fingerprint density at radius 1 is 1.00 bits per heavy atom. The molecular formula is C22H25N3O3. The van der Waals surface area contributed by atoms with Crippen LogP contribution in [0, 0.1) is 0 Å². The van der Waals surface area contributed by atoms with E-state index in [1.54, 1.807) is 29.1 Å². The number of amides is 1. The molecule has 6 heteroatoms. The average Bonchev–Trinajstić information content (AvgIpc) is 3.17. The first-order valence-electron chi connectivity index (χ1n) is 9.46. The van der Waals surface area contributed by atoms with Crippen LogP contribution in [0.1, 0.15) is 25.3 Å². The monoisotopic (exact) mass is 379 g/mol. The molecule has 0 aliphatic rings. The second-order valence-electron chi connectivity index (χ2n) is 6.38. The highest BCUT2D eigenvalue weighted by molar-refractivity contribution is 5.91. The van der Waals surface area contributed by atoms with Crippen molar-refractivity contribution in [2.45, 2.75) is 32.9 Å². The first-order chi connectivity index (χ1) is 13.7. The Balaban J connectivity index is 1.44. The van der Waals surface area contributed by atoms with E-state index in [9.17, 15) is 4.79 Å². The molecule has 1 N–H and O–H groups in total. The maximum atomic E-state index is 12.1. The molecule has 6 nitrogen and oxygen atoms in total. The fourth-order valence-corrected chi connectivity index (χ4v) is 2.63. The van der Waals surface area contributed by atoms with Gasteiger partial charge in [-0.2, -0.15) is 5.10 Å². The molecule has 0 atom stereocenters. The molecule has 1 amide bonds. The van der Waals surface area contributed by atoms with Gasteiger partial charge in [0.1, 0.15) is 23.9 Å². The van der Waals surface area contributed by atoms with Crippen molar-refractivity contribution in [3.05, 3.63) is 72.4 Å². The number of hydrogen-bond acceptors (Lipinski definition) is 4. The van der Waals surface area contributed by atoms with Gasteiger partial charge in [0.2, 0.25) is 0 Å². The van der Waals surface area contributed by atoms with E-state index in [-0.39, 0.29) is 12.5 Å². The molecule has 0 unspecified atom stereocenters. The van der Waals surface area contributed by atoms with E-state index >= 15 is 0 Å². The lowest BCUT2D eigenvalue weighted by Gasteiger charge is -2.10. The maximum absolute atomic E-state index is 12.1. The lowest BCUT2D eigenvalue weighted by atomic mass is 10.2. The molecule has 0 saturated carbocycles. The Morgan fingerprint density at radius 2 is 1.71 bits per heavy atom. The molecule has 0 aliphatic carbocycles. The summed E-state index contributed by atoms with van der Waals surface area (Å²) in [7, 11) is 0. The fraction of sp³-hybridized carbons (Fsp3) is 0.273. The number of anilines is 1. The van der Waals surface area contributed by atoms with Crippen LogP contribution < -0.4 is 14.8 Å². The minimum absolute atomic E-state index is 0.0663. The van der Waals surface area contributed by atoms with Crippen LogP contribution in [0.15, 0.2) is 66.9 Å². The maximum Gasteiger partial charge on any atom is 0.263 e. The smallest absolute Gasteiger partial charge is 0.263 e. The summed E-state index contributed by atoms with van der Waals surface area (Å²) >= 11 is 0. The number of hydrogen-bond donors (Lipinski definition) is 1. The SMILES string of the molecule is CCCCn1nccc1NC(=O)COc1ccc(OCc2ccccc2)cc1. The van der Waals surface area contributed by atoms with Crippen LogP contribution in [0.5, 0.6) is 11.5 Å². The second-order valence-corrected chi connectivity index (χ2v) is 6.38. The molecule has 0 radical (unpaired) electrons. The minimum Gasteiger partial charge on any atom is -0.489 e. The van der Waals surface area contributed by atoms with Crippen LogP contribution in [0.3, 0.4) is 0 Å². The van der Waals surface area contributed by atoms with Crippen molar-refractivity contribution in [1.82, 2.24) is 9.78 Å². The van der Waals surface area contributed by atoms with Crippen molar-refractivity contribution >= 4 is 11.7 Å². The first-order valence-corrected chi connectivity index (χ1v) is 9.46. The van der Waals surface area contributed by atoms with Gasteiger partial charge in [-0.1, -0.05) is 43.7 Å². The number of nitrogens with one attached hydrogen (secondary N) is 1. The van der Waals surface area contributed by atoms with Gasteiger partial charge in [-0.05, 0) is 36.2 Å². The second kappa shape index (κ2) is 10.2. The molecule has 0 aliphatic heterocycles. The number of carbonyl (C=O) groups is 1. The van der Waals surface area contributed by atoms with Crippen molar-refractivity contribution in [1.29, 1.82) is 0 Å². The van der Waals surface area contributed by atoms with Crippen LogP contribution >= 0.6 is 0 Å². The van der Waals surface area contributed by atoms with E-state index in [1.807, 2.05) is 42.5 Å². The van der Waals surface area contributed by atoms with Crippen LogP contribution in [-0.2, 0) is 17.9 Å². The van der Waals surface area contributed by atoms with Crippen molar-refractivity contribution in [2.24, 2.45) is 0 Å². The van der Waals surface area contributed by atoms with Crippen molar-refractivity contribution in [3.63, 3.8) is 0 Å². The zero-order chi connectivity index (χ0) is 19.6. The van der Waals surface area contributed by atoms with Gasteiger partial charge in [0, 0.05) is 12.6 Å². The zero-order valence-electron chi connectivity index (χ0n) is 16.0. The molecule has 0 fully saturated rings. The summed E-state index contributed by atoms with van der Waals surface area (Å²) in [6.45, 7) is 3.34. The quantitative estimate of drug-likeness (QED) is 0.571. The van der Waals surface area contributed by atoms with Crippen molar-refractivity contribution in [3.8, 4) is 11.5 Å². The summed E-state index contributed by atoms with van der Waals surface area (Å²) in [5, 5.41) is 7.05. The largest absolute Gasteiger partial charge is 0.489 e. The molecule has 146 valence electrons.